The lowest BCUT2D eigenvalue weighted by Gasteiger charge is -2.20. The Hall–Kier alpha value is -1.53. The summed E-state index contributed by atoms with van der Waals surface area (Å²) in [4.78, 5) is 0. The van der Waals surface area contributed by atoms with Gasteiger partial charge in [0.15, 0.2) is 0 Å². The van der Waals surface area contributed by atoms with Crippen molar-refractivity contribution in [1.82, 2.24) is 5.32 Å². The number of methoxy groups -OCH3 is 1. The second-order valence-corrected chi connectivity index (χ2v) is 5.55. The van der Waals surface area contributed by atoms with Crippen molar-refractivity contribution in [1.29, 1.82) is 5.26 Å². The molecule has 3 heteroatoms. The molecule has 0 amide bonds. The Morgan fingerprint density at radius 1 is 1.37 bits per heavy atom. The third-order valence-electron chi connectivity index (χ3n) is 4.42. The van der Waals surface area contributed by atoms with Crippen molar-refractivity contribution in [3.63, 3.8) is 0 Å². The summed E-state index contributed by atoms with van der Waals surface area (Å²) in [5.74, 6) is 2.21. The summed E-state index contributed by atoms with van der Waals surface area (Å²) in [6.45, 7) is 5.50. The van der Waals surface area contributed by atoms with E-state index in [1.54, 1.807) is 7.11 Å². The first-order chi connectivity index (χ1) is 9.15. The van der Waals surface area contributed by atoms with Gasteiger partial charge in [-0.15, -0.1) is 0 Å². The van der Waals surface area contributed by atoms with Gasteiger partial charge in [-0.2, -0.15) is 5.26 Å². The van der Waals surface area contributed by atoms with Gasteiger partial charge in [0, 0.05) is 12.6 Å². The van der Waals surface area contributed by atoms with Gasteiger partial charge in [-0.1, -0.05) is 19.9 Å². The quantitative estimate of drug-likeness (QED) is 0.902. The summed E-state index contributed by atoms with van der Waals surface area (Å²) in [6.07, 6.45) is 2.57. The fraction of sp³-hybridized carbons (Fsp3) is 0.562. The zero-order chi connectivity index (χ0) is 13.8. The van der Waals surface area contributed by atoms with Gasteiger partial charge in [-0.05, 0) is 42.4 Å². The van der Waals surface area contributed by atoms with Gasteiger partial charge < -0.3 is 10.1 Å². The van der Waals surface area contributed by atoms with Crippen molar-refractivity contribution in [2.24, 2.45) is 11.8 Å². The molecule has 1 aromatic rings. The van der Waals surface area contributed by atoms with Crippen molar-refractivity contribution in [2.75, 3.05) is 7.11 Å². The van der Waals surface area contributed by atoms with E-state index in [4.69, 9.17) is 10.00 Å². The minimum atomic E-state index is 0.592. The van der Waals surface area contributed by atoms with Crippen LogP contribution in [-0.2, 0) is 6.54 Å². The number of nitrogens with zero attached hydrogens (tertiary/aromatic N) is 1. The zero-order valence-electron chi connectivity index (χ0n) is 11.9. The highest BCUT2D eigenvalue weighted by atomic mass is 16.5. The number of hydrogen-bond donors (Lipinski definition) is 1. The largest absolute Gasteiger partial charge is 0.495 e. The van der Waals surface area contributed by atoms with Crippen LogP contribution in [0.4, 0.5) is 0 Å². The molecule has 0 radical (unpaired) electrons. The summed E-state index contributed by atoms with van der Waals surface area (Å²) in [5, 5.41) is 12.6. The van der Waals surface area contributed by atoms with Crippen LogP contribution in [0.3, 0.4) is 0 Å². The summed E-state index contributed by atoms with van der Waals surface area (Å²) >= 11 is 0. The Balaban J connectivity index is 1.99. The number of rotatable bonds is 4. The zero-order valence-corrected chi connectivity index (χ0v) is 11.9. The van der Waals surface area contributed by atoms with Crippen LogP contribution in [-0.4, -0.2) is 13.2 Å². The van der Waals surface area contributed by atoms with Gasteiger partial charge >= 0.3 is 0 Å². The molecule has 102 valence electrons. The second-order valence-electron chi connectivity index (χ2n) is 5.55. The molecule has 0 aliphatic heterocycles. The lowest BCUT2D eigenvalue weighted by molar-refractivity contribution is 0.369. The lowest BCUT2D eigenvalue weighted by atomic mass is 9.97. The molecule has 0 aromatic heterocycles. The first-order valence-electron chi connectivity index (χ1n) is 6.96. The topological polar surface area (TPSA) is 45.0 Å². The molecule has 3 atom stereocenters. The predicted octanol–water partition coefficient (Wildman–Crippen LogP) is 3.09. The van der Waals surface area contributed by atoms with Crippen molar-refractivity contribution in [3.8, 4) is 11.8 Å². The number of hydrogen-bond acceptors (Lipinski definition) is 3. The highest BCUT2D eigenvalue weighted by Gasteiger charge is 2.28. The summed E-state index contributed by atoms with van der Waals surface area (Å²) < 4.78 is 5.24. The molecule has 1 aromatic carbocycles. The molecule has 1 fully saturated rings. The van der Waals surface area contributed by atoms with Crippen LogP contribution < -0.4 is 10.1 Å². The summed E-state index contributed by atoms with van der Waals surface area (Å²) in [6, 6.07) is 8.53. The van der Waals surface area contributed by atoms with E-state index in [0.29, 0.717) is 17.4 Å². The first-order valence-corrected chi connectivity index (χ1v) is 6.96. The summed E-state index contributed by atoms with van der Waals surface area (Å²) in [5.41, 5.74) is 1.76. The Morgan fingerprint density at radius 3 is 2.74 bits per heavy atom. The Bertz CT molecular complexity index is 478. The van der Waals surface area contributed by atoms with E-state index in [2.05, 4.69) is 25.2 Å². The third kappa shape index (κ3) is 3.08. The highest BCUT2D eigenvalue weighted by Crippen LogP contribution is 2.31. The van der Waals surface area contributed by atoms with Crippen LogP contribution in [0.2, 0.25) is 0 Å². The van der Waals surface area contributed by atoms with E-state index >= 15 is 0 Å². The van der Waals surface area contributed by atoms with Crippen LogP contribution >= 0.6 is 0 Å². The molecule has 1 saturated carbocycles. The van der Waals surface area contributed by atoms with E-state index in [1.165, 1.54) is 18.4 Å². The Kier molecular flexibility index (Phi) is 4.44. The molecule has 0 spiro atoms. The molecule has 1 N–H and O–H groups in total. The van der Waals surface area contributed by atoms with Crippen molar-refractivity contribution in [2.45, 2.75) is 39.3 Å². The van der Waals surface area contributed by atoms with Crippen molar-refractivity contribution < 1.29 is 4.74 Å². The van der Waals surface area contributed by atoms with Crippen LogP contribution in [0.1, 0.15) is 37.8 Å². The van der Waals surface area contributed by atoms with E-state index in [1.807, 2.05) is 18.2 Å². The first kappa shape index (κ1) is 13.9. The average molecular weight is 258 g/mol. The molecule has 1 aliphatic rings. The van der Waals surface area contributed by atoms with Gasteiger partial charge in [0.05, 0.1) is 12.7 Å². The van der Waals surface area contributed by atoms with E-state index in [-0.39, 0.29) is 0 Å². The average Bonchev–Trinajstić information content (AvgIpc) is 2.76. The van der Waals surface area contributed by atoms with Gasteiger partial charge in [-0.3, -0.25) is 0 Å². The highest BCUT2D eigenvalue weighted by molar-refractivity contribution is 5.45. The molecule has 19 heavy (non-hydrogen) atoms. The molecule has 0 saturated heterocycles. The molecule has 0 bridgehead atoms. The fourth-order valence-corrected chi connectivity index (χ4v) is 2.84. The maximum Gasteiger partial charge on any atom is 0.136 e. The SMILES string of the molecule is COc1cc(CNC2CCC(C)C2C)ccc1C#N. The van der Waals surface area contributed by atoms with Gasteiger partial charge in [0.2, 0.25) is 0 Å². The van der Waals surface area contributed by atoms with E-state index < -0.39 is 0 Å². The second kappa shape index (κ2) is 6.08. The van der Waals surface area contributed by atoms with Gasteiger partial charge in [0.25, 0.3) is 0 Å². The molecule has 0 heterocycles. The molecular formula is C16H22N2O. The lowest BCUT2D eigenvalue weighted by Crippen LogP contribution is -2.31. The molecular weight excluding hydrogens is 236 g/mol. The molecule has 2 rings (SSSR count). The number of benzene rings is 1. The van der Waals surface area contributed by atoms with E-state index in [9.17, 15) is 0 Å². The van der Waals surface area contributed by atoms with Crippen molar-refractivity contribution >= 4 is 0 Å². The maximum absolute atomic E-state index is 8.96. The summed E-state index contributed by atoms with van der Waals surface area (Å²) in [7, 11) is 1.61. The minimum Gasteiger partial charge on any atom is -0.495 e. The normalized spacial score (nSPS) is 26.1. The predicted molar refractivity (Wildman–Crippen MR) is 75.9 cm³/mol. The Labute approximate surface area is 115 Å². The van der Waals surface area contributed by atoms with Crippen LogP contribution in [0.15, 0.2) is 18.2 Å². The monoisotopic (exact) mass is 258 g/mol. The van der Waals surface area contributed by atoms with Crippen LogP contribution in [0, 0.1) is 23.2 Å². The number of nitriles is 1. The van der Waals surface area contributed by atoms with Gasteiger partial charge in [-0.25, -0.2) is 0 Å². The van der Waals surface area contributed by atoms with Crippen LogP contribution in [0.25, 0.3) is 0 Å². The standard InChI is InChI=1S/C16H22N2O/c1-11-4-7-15(12(11)2)18-10-13-5-6-14(9-17)16(8-13)19-3/h5-6,8,11-12,15,18H,4,7,10H2,1-3H3. The molecule has 3 nitrogen and oxygen atoms in total. The fourth-order valence-electron chi connectivity index (χ4n) is 2.84. The maximum atomic E-state index is 8.96. The number of ether oxygens (including phenoxy) is 1. The molecule has 3 unspecified atom stereocenters. The minimum absolute atomic E-state index is 0.592. The number of nitrogens with one attached hydrogen (secondary N) is 1. The Morgan fingerprint density at radius 2 is 2.16 bits per heavy atom. The smallest absolute Gasteiger partial charge is 0.136 e. The van der Waals surface area contributed by atoms with Crippen molar-refractivity contribution in [3.05, 3.63) is 29.3 Å². The molecule has 1 aliphatic carbocycles. The van der Waals surface area contributed by atoms with E-state index in [0.717, 1.165) is 18.4 Å². The third-order valence-corrected chi connectivity index (χ3v) is 4.42. The van der Waals surface area contributed by atoms with Gasteiger partial charge in [0.1, 0.15) is 11.8 Å². The van der Waals surface area contributed by atoms with Crippen LogP contribution in [0.5, 0.6) is 5.75 Å².